The summed E-state index contributed by atoms with van der Waals surface area (Å²) in [6, 6.07) is 0. The molecule has 2 atom stereocenters. The Hall–Kier alpha value is -0.0800. The van der Waals surface area contributed by atoms with Crippen molar-refractivity contribution in [3.05, 3.63) is 0 Å². The van der Waals surface area contributed by atoms with Crippen LogP contribution in [0.1, 0.15) is 20.3 Å². The largest absolute Gasteiger partial charge is 0.378 e. The first-order chi connectivity index (χ1) is 3.72. The molecule has 8 heavy (non-hydrogen) atoms. The summed E-state index contributed by atoms with van der Waals surface area (Å²) in [5, 5.41) is 11.8. The van der Waals surface area contributed by atoms with Crippen molar-refractivity contribution in [2.24, 2.45) is 5.92 Å². The Balaban J connectivity index is 3.29. The monoisotopic (exact) mass is 117 g/mol. The molecule has 0 radical (unpaired) electrons. The summed E-state index contributed by atoms with van der Waals surface area (Å²) in [6.07, 6.45) is 0.683. The van der Waals surface area contributed by atoms with Crippen molar-refractivity contribution in [1.29, 1.82) is 0 Å². The molecule has 0 aliphatic heterocycles. The zero-order valence-electron chi connectivity index (χ0n) is 5.81. The predicted molar refractivity (Wildman–Crippen MR) is 34.5 cm³/mol. The quantitative estimate of drug-likeness (QED) is 0.530. The Morgan fingerprint density at radius 1 is 1.62 bits per heavy atom. The standard InChI is InChI=1S/C6H15NO/c1-4-5(2)6(8)7-3/h5-8H,4H2,1-3H3/t5-,6-/m0/s1. The highest BCUT2D eigenvalue weighted by Gasteiger charge is 2.07. The van der Waals surface area contributed by atoms with E-state index in [9.17, 15) is 0 Å². The van der Waals surface area contributed by atoms with Crippen molar-refractivity contribution >= 4 is 0 Å². The van der Waals surface area contributed by atoms with Crippen LogP contribution in [0.4, 0.5) is 0 Å². The van der Waals surface area contributed by atoms with E-state index >= 15 is 0 Å². The average molecular weight is 117 g/mol. The molecule has 0 aliphatic carbocycles. The van der Waals surface area contributed by atoms with Crippen molar-refractivity contribution in [2.45, 2.75) is 26.5 Å². The van der Waals surface area contributed by atoms with Crippen LogP contribution in [-0.4, -0.2) is 18.4 Å². The molecule has 0 amide bonds. The van der Waals surface area contributed by atoms with Crippen LogP contribution < -0.4 is 5.32 Å². The first kappa shape index (κ1) is 7.92. The van der Waals surface area contributed by atoms with Gasteiger partial charge >= 0.3 is 0 Å². The fraction of sp³-hybridized carbons (Fsp3) is 1.00. The SMILES string of the molecule is CC[C@H](C)[C@H](O)NC. The Bertz CT molecular complexity index is 48.5. The van der Waals surface area contributed by atoms with Gasteiger partial charge in [-0.2, -0.15) is 0 Å². The van der Waals surface area contributed by atoms with E-state index in [4.69, 9.17) is 5.11 Å². The molecule has 0 saturated carbocycles. The van der Waals surface area contributed by atoms with Gasteiger partial charge in [0.1, 0.15) is 6.23 Å². The van der Waals surface area contributed by atoms with Gasteiger partial charge in [0.05, 0.1) is 0 Å². The van der Waals surface area contributed by atoms with Crippen LogP contribution in [0.3, 0.4) is 0 Å². The fourth-order valence-electron chi connectivity index (χ4n) is 0.508. The Morgan fingerprint density at radius 2 is 2.12 bits per heavy atom. The molecule has 0 bridgehead atoms. The zero-order chi connectivity index (χ0) is 6.57. The van der Waals surface area contributed by atoms with Crippen LogP contribution >= 0.6 is 0 Å². The topological polar surface area (TPSA) is 32.3 Å². The number of aliphatic hydroxyl groups excluding tert-OH is 1. The van der Waals surface area contributed by atoms with Gasteiger partial charge in [0.15, 0.2) is 0 Å². The van der Waals surface area contributed by atoms with Crippen LogP contribution in [0.5, 0.6) is 0 Å². The third-order valence-electron chi connectivity index (χ3n) is 1.48. The molecule has 0 aromatic rings. The molecular weight excluding hydrogens is 102 g/mol. The molecule has 0 aliphatic rings. The minimum absolute atomic E-state index is 0.333. The molecule has 0 rings (SSSR count). The van der Waals surface area contributed by atoms with Gasteiger partial charge in [-0.15, -0.1) is 0 Å². The summed E-state index contributed by atoms with van der Waals surface area (Å²) < 4.78 is 0. The highest BCUT2D eigenvalue weighted by Crippen LogP contribution is 2.02. The molecule has 50 valence electrons. The number of nitrogens with one attached hydrogen (secondary N) is 1. The molecule has 0 aromatic heterocycles. The van der Waals surface area contributed by atoms with E-state index in [0.29, 0.717) is 5.92 Å². The lowest BCUT2D eigenvalue weighted by Gasteiger charge is -2.14. The maximum absolute atomic E-state index is 9.02. The summed E-state index contributed by atoms with van der Waals surface area (Å²) in [6.45, 7) is 4.08. The van der Waals surface area contributed by atoms with E-state index in [1.165, 1.54) is 0 Å². The maximum atomic E-state index is 9.02. The van der Waals surface area contributed by atoms with E-state index in [0.717, 1.165) is 6.42 Å². The first-order valence-electron chi connectivity index (χ1n) is 3.07. The maximum Gasteiger partial charge on any atom is 0.107 e. The summed E-state index contributed by atoms with van der Waals surface area (Å²) in [5.41, 5.74) is 0. The predicted octanol–water partition coefficient (Wildman–Crippen LogP) is 0.570. The third-order valence-corrected chi connectivity index (χ3v) is 1.48. The van der Waals surface area contributed by atoms with Gasteiger partial charge in [-0.3, -0.25) is 5.32 Å². The lowest BCUT2D eigenvalue weighted by molar-refractivity contribution is 0.0890. The van der Waals surface area contributed by atoms with Crippen LogP contribution in [-0.2, 0) is 0 Å². The highest BCUT2D eigenvalue weighted by atomic mass is 16.3. The molecule has 2 heteroatoms. The normalized spacial score (nSPS) is 18.0. The highest BCUT2D eigenvalue weighted by molar-refractivity contribution is 4.56. The summed E-state index contributed by atoms with van der Waals surface area (Å²) in [5.74, 6) is 0.361. The van der Waals surface area contributed by atoms with Gasteiger partial charge in [0, 0.05) is 0 Å². The van der Waals surface area contributed by atoms with Crippen molar-refractivity contribution in [3.63, 3.8) is 0 Å². The van der Waals surface area contributed by atoms with Crippen LogP contribution in [0.25, 0.3) is 0 Å². The van der Waals surface area contributed by atoms with Gasteiger partial charge < -0.3 is 5.11 Å². The minimum Gasteiger partial charge on any atom is -0.378 e. The first-order valence-corrected chi connectivity index (χ1v) is 3.07. The van der Waals surface area contributed by atoms with Crippen molar-refractivity contribution in [1.82, 2.24) is 5.32 Å². The molecule has 0 unspecified atom stereocenters. The Labute approximate surface area is 50.9 Å². The van der Waals surface area contributed by atoms with Crippen molar-refractivity contribution < 1.29 is 5.11 Å². The van der Waals surface area contributed by atoms with Crippen LogP contribution in [0.2, 0.25) is 0 Å². The van der Waals surface area contributed by atoms with Gasteiger partial charge in [-0.05, 0) is 19.4 Å². The summed E-state index contributed by atoms with van der Waals surface area (Å²) in [7, 11) is 1.76. The Kier molecular flexibility index (Phi) is 3.83. The second-order valence-corrected chi connectivity index (χ2v) is 2.12. The second-order valence-electron chi connectivity index (χ2n) is 2.12. The van der Waals surface area contributed by atoms with Gasteiger partial charge in [0.25, 0.3) is 0 Å². The third kappa shape index (κ3) is 2.28. The van der Waals surface area contributed by atoms with Crippen molar-refractivity contribution in [3.8, 4) is 0 Å². The van der Waals surface area contributed by atoms with Crippen LogP contribution in [0, 0.1) is 5.92 Å². The molecule has 0 aromatic carbocycles. The van der Waals surface area contributed by atoms with Crippen molar-refractivity contribution in [2.75, 3.05) is 7.05 Å². The molecule has 2 nitrogen and oxygen atoms in total. The van der Waals surface area contributed by atoms with E-state index < -0.39 is 0 Å². The molecule has 2 N–H and O–H groups in total. The number of rotatable bonds is 3. The average Bonchev–Trinajstić information content (AvgIpc) is 1.84. The number of hydrogen-bond donors (Lipinski definition) is 2. The molecule has 0 spiro atoms. The lowest BCUT2D eigenvalue weighted by Crippen LogP contribution is -2.30. The van der Waals surface area contributed by atoms with E-state index in [1.807, 2.05) is 6.92 Å². The van der Waals surface area contributed by atoms with E-state index in [1.54, 1.807) is 7.05 Å². The molecule has 0 saturated heterocycles. The Morgan fingerprint density at radius 3 is 2.25 bits per heavy atom. The minimum atomic E-state index is -0.333. The second kappa shape index (κ2) is 3.87. The number of aliphatic hydroxyl groups is 1. The fourth-order valence-corrected chi connectivity index (χ4v) is 0.508. The molecule has 0 fully saturated rings. The summed E-state index contributed by atoms with van der Waals surface area (Å²) in [4.78, 5) is 0. The number of hydrogen-bond acceptors (Lipinski definition) is 2. The van der Waals surface area contributed by atoms with E-state index in [2.05, 4.69) is 12.2 Å². The lowest BCUT2D eigenvalue weighted by atomic mass is 10.1. The summed E-state index contributed by atoms with van der Waals surface area (Å²) >= 11 is 0. The smallest absolute Gasteiger partial charge is 0.107 e. The van der Waals surface area contributed by atoms with Gasteiger partial charge in [0.2, 0.25) is 0 Å². The van der Waals surface area contributed by atoms with Crippen LogP contribution in [0.15, 0.2) is 0 Å². The molecule has 0 heterocycles. The molecular formula is C6H15NO. The van der Waals surface area contributed by atoms with Gasteiger partial charge in [-0.25, -0.2) is 0 Å². The zero-order valence-corrected chi connectivity index (χ0v) is 5.81. The van der Waals surface area contributed by atoms with E-state index in [-0.39, 0.29) is 6.23 Å². The van der Waals surface area contributed by atoms with Gasteiger partial charge in [-0.1, -0.05) is 13.8 Å².